The largest absolute Gasteiger partial charge is 0.394 e. The molecule has 0 aromatic heterocycles. The van der Waals surface area contributed by atoms with Crippen LogP contribution in [0.3, 0.4) is 0 Å². The molecule has 3 aromatic rings. The van der Waals surface area contributed by atoms with Gasteiger partial charge in [-0.15, -0.1) is 0 Å². The maximum Gasteiger partial charge on any atom is 0.144 e. The van der Waals surface area contributed by atoms with Crippen LogP contribution in [0.4, 0.5) is 0 Å². The van der Waals surface area contributed by atoms with Gasteiger partial charge in [-0.25, -0.2) is 0 Å². The first kappa shape index (κ1) is 26.4. The Balaban J connectivity index is 1.40. The molecule has 4 nitrogen and oxygen atoms in total. The zero-order valence-corrected chi connectivity index (χ0v) is 23.2. The first-order valence-electron chi connectivity index (χ1n) is 14.7. The molecule has 4 aliphatic carbocycles. The van der Waals surface area contributed by atoms with E-state index < -0.39 is 12.0 Å². The molecule has 4 saturated carbocycles. The smallest absolute Gasteiger partial charge is 0.144 e. The maximum atomic E-state index is 12.1. The predicted octanol–water partition coefficient (Wildman–Crippen LogP) is 6.52. The van der Waals surface area contributed by atoms with E-state index in [2.05, 4.69) is 36.4 Å². The van der Waals surface area contributed by atoms with Crippen molar-refractivity contribution in [3.63, 3.8) is 0 Å². The summed E-state index contributed by atoms with van der Waals surface area (Å²) in [5.74, 6) is 1.54. The number of fused-ring (bicyclic) bond motifs is 2. The normalized spacial score (nSPS) is 26.6. The van der Waals surface area contributed by atoms with Crippen LogP contribution >= 0.6 is 0 Å². The van der Waals surface area contributed by atoms with E-state index >= 15 is 0 Å². The Kier molecular flexibility index (Phi) is 6.97. The van der Waals surface area contributed by atoms with Gasteiger partial charge in [0.1, 0.15) is 17.5 Å². The molecular formula is C35H40O4. The van der Waals surface area contributed by atoms with E-state index in [0.717, 1.165) is 39.7 Å². The average Bonchev–Trinajstić information content (AvgIpc) is 3.11. The maximum absolute atomic E-state index is 12.1. The molecule has 0 heterocycles. The van der Waals surface area contributed by atoms with Crippen molar-refractivity contribution in [1.29, 1.82) is 0 Å². The van der Waals surface area contributed by atoms with Gasteiger partial charge in [-0.05, 0) is 133 Å². The van der Waals surface area contributed by atoms with Crippen molar-refractivity contribution in [2.75, 3.05) is 6.61 Å². The Morgan fingerprint density at radius 3 is 2.15 bits per heavy atom. The van der Waals surface area contributed by atoms with Gasteiger partial charge >= 0.3 is 0 Å². The van der Waals surface area contributed by atoms with Crippen LogP contribution in [-0.4, -0.2) is 34.5 Å². The van der Waals surface area contributed by atoms with Gasteiger partial charge in [0.05, 0.1) is 12.7 Å². The van der Waals surface area contributed by atoms with E-state index in [-0.39, 0.29) is 23.6 Å². The fraction of sp³-hybridized carbons (Fsp3) is 0.486. The Hall–Kier alpha value is -2.82. The molecule has 204 valence electrons. The summed E-state index contributed by atoms with van der Waals surface area (Å²) in [5.41, 5.74) is 5.82. The van der Waals surface area contributed by atoms with Gasteiger partial charge in [0.2, 0.25) is 0 Å². The molecule has 0 spiro atoms. The molecule has 0 radical (unpaired) electrons. The van der Waals surface area contributed by atoms with E-state index in [1.807, 2.05) is 18.2 Å². The van der Waals surface area contributed by atoms with Crippen molar-refractivity contribution in [3.8, 4) is 11.1 Å². The van der Waals surface area contributed by atoms with Gasteiger partial charge in [0.15, 0.2) is 0 Å². The van der Waals surface area contributed by atoms with Crippen LogP contribution in [-0.2, 0) is 21.4 Å². The minimum Gasteiger partial charge on any atom is -0.394 e. The molecule has 0 amide bonds. The summed E-state index contributed by atoms with van der Waals surface area (Å²) in [4.78, 5) is 24.2. The Morgan fingerprint density at radius 1 is 0.846 bits per heavy atom. The number of aliphatic hydroxyl groups is 2. The number of hydrogen-bond acceptors (Lipinski definition) is 4. The van der Waals surface area contributed by atoms with E-state index in [0.29, 0.717) is 6.42 Å². The first-order valence-corrected chi connectivity index (χ1v) is 14.7. The molecular weight excluding hydrogens is 484 g/mol. The number of carbonyl (C=O) groups is 2. The van der Waals surface area contributed by atoms with Crippen LogP contribution in [0.5, 0.6) is 0 Å². The Morgan fingerprint density at radius 2 is 1.46 bits per heavy atom. The summed E-state index contributed by atoms with van der Waals surface area (Å²) >= 11 is 0. The van der Waals surface area contributed by atoms with Crippen LogP contribution in [0.15, 0.2) is 54.6 Å². The van der Waals surface area contributed by atoms with Crippen LogP contribution in [0, 0.1) is 17.8 Å². The molecule has 3 unspecified atom stereocenters. The number of ketones is 2. The third kappa shape index (κ3) is 4.98. The SMILES string of the molecule is CC(=O)C(C(C)=O)c1ccc2cc(-c3ccc(CC(O)CO)c(C45CCC6CC(CC(C6)C4)C5)c3)ccc2c1. The van der Waals surface area contributed by atoms with Crippen molar-refractivity contribution >= 4 is 22.3 Å². The Labute approximate surface area is 231 Å². The fourth-order valence-corrected chi connectivity index (χ4v) is 8.62. The zero-order valence-electron chi connectivity index (χ0n) is 23.2. The highest BCUT2D eigenvalue weighted by Crippen LogP contribution is 2.58. The monoisotopic (exact) mass is 524 g/mol. The van der Waals surface area contributed by atoms with E-state index in [9.17, 15) is 19.8 Å². The number of rotatable bonds is 8. The van der Waals surface area contributed by atoms with Gasteiger partial charge in [0.25, 0.3) is 0 Å². The lowest BCUT2D eigenvalue weighted by molar-refractivity contribution is -0.126. The predicted molar refractivity (Wildman–Crippen MR) is 155 cm³/mol. The molecule has 0 aliphatic heterocycles. The molecule has 7 rings (SSSR count). The molecule has 3 aromatic carbocycles. The number of benzene rings is 3. The van der Waals surface area contributed by atoms with E-state index in [1.165, 1.54) is 75.5 Å². The van der Waals surface area contributed by atoms with Gasteiger partial charge in [-0.1, -0.05) is 42.5 Å². The molecule has 2 N–H and O–H groups in total. The summed E-state index contributed by atoms with van der Waals surface area (Å²) in [6.45, 7) is 2.74. The number of carbonyl (C=O) groups excluding carboxylic acids is 2. The molecule has 39 heavy (non-hydrogen) atoms. The second-order valence-electron chi connectivity index (χ2n) is 12.9. The van der Waals surface area contributed by atoms with Crippen molar-refractivity contribution in [3.05, 3.63) is 71.3 Å². The second kappa shape index (κ2) is 10.3. The molecule has 4 fully saturated rings. The molecule has 4 aliphatic rings. The summed E-state index contributed by atoms with van der Waals surface area (Å²) < 4.78 is 0. The lowest BCUT2D eigenvalue weighted by Crippen LogP contribution is -2.38. The lowest BCUT2D eigenvalue weighted by atomic mass is 9.58. The zero-order chi connectivity index (χ0) is 27.3. The number of Topliss-reactive ketones (excluding diaryl/α,β-unsaturated/α-hetero) is 2. The standard InChI is InChI=1S/C35H40O4/c1-21(37)34(22(2)38)31-8-6-26-14-27(3-4-28(26)15-31)29-5-7-30(16-32(39)20-36)33(17-29)35-10-9-23-11-24(18-35)13-25(12-23)19-35/h3-8,14-15,17,23-25,32,34,36,39H,9-13,16,18-20H2,1-2H3. The number of aliphatic hydroxyl groups excluding tert-OH is 2. The highest BCUT2D eigenvalue weighted by molar-refractivity contribution is 6.06. The summed E-state index contributed by atoms with van der Waals surface area (Å²) in [7, 11) is 0. The van der Waals surface area contributed by atoms with Gasteiger partial charge in [0, 0.05) is 6.42 Å². The van der Waals surface area contributed by atoms with E-state index in [1.54, 1.807) is 0 Å². The van der Waals surface area contributed by atoms with Crippen molar-refractivity contribution in [2.24, 2.45) is 17.8 Å². The van der Waals surface area contributed by atoms with Crippen molar-refractivity contribution in [2.45, 2.75) is 82.7 Å². The molecule has 3 atom stereocenters. The highest BCUT2D eigenvalue weighted by Gasteiger charge is 2.49. The lowest BCUT2D eigenvalue weighted by Gasteiger charge is -2.46. The second-order valence-corrected chi connectivity index (χ2v) is 12.9. The molecule has 4 heteroatoms. The third-order valence-electron chi connectivity index (χ3n) is 10.1. The van der Waals surface area contributed by atoms with E-state index in [4.69, 9.17) is 0 Å². The van der Waals surface area contributed by atoms with Crippen LogP contribution in [0.2, 0.25) is 0 Å². The van der Waals surface area contributed by atoms with Gasteiger partial charge in [-0.3, -0.25) is 9.59 Å². The summed E-state index contributed by atoms with van der Waals surface area (Å²) in [6, 6.07) is 19.0. The van der Waals surface area contributed by atoms with Crippen LogP contribution in [0.25, 0.3) is 21.9 Å². The van der Waals surface area contributed by atoms with Crippen LogP contribution < -0.4 is 0 Å². The minimum absolute atomic E-state index is 0.127. The fourth-order valence-electron chi connectivity index (χ4n) is 8.62. The Bertz CT molecular complexity index is 1390. The van der Waals surface area contributed by atoms with Gasteiger partial charge in [-0.2, -0.15) is 0 Å². The summed E-state index contributed by atoms with van der Waals surface area (Å²) in [6.07, 6.45) is 8.92. The third-order valence-corrected chi connectivity index (χ3v) is 10.1. The van der Waals surface area contributed by atoms with Crippen LogP contribution in [0.1, 0.15) is 81.4 Å². The molecule has 0 saturated heterocycles. The average molecular weight is 525 g/mol. The summed E-state index contributed by atoms with van der Waals surface area (Å²) in [5, 5.41) is 22.1. The minimum atomic E-state index is -0.742. The quantitative estimate of drug-likeness (QED) is 0.329. The van der Waals surface area contributed by atoms with Crippen molar-refractivity contribution < 1.29 is 19.8 Å². The van der Waals surface area contributed by atoms with Crippen molar-refractivity contribution in [1.82, 2.24) is 0 Å². The topological polar surface area (TPSA) is 74.6 Å². The van der Waals surface area contributed by atoms with Gasteiger partial charge < -0.3 is 10.2 Å². The molecule has 4 bridgehead atoms. The highest BCUT2D eigenvalue weighted by atomic mass is 16.3. The first-order chi connectivity index (χ1) is 18.7. The number of hydrogen-bond donors (Lipinski definition) is 2.